The number of anilines is 1. The van der Waals surface area contributed by atoms with Crippen LogP contribution < -0.4 is 10.2 Å². The molecule has 1 unspecified atom stereocenters. The molecule has 2 fully saturated rings. The molecule has 0 aliphatic carbocycles. The van der Waals surface area contributed by atoms with Gasteiger partial charge in [-0.05, 0) is 31.5 Å². The number of halogens is 1. The zero-order valence-corrected chi connectivity index (χ0v) is 11.0. The summed E-state index contributed by atoms with van der Waals surface area (Å²) in [5.74, 6) is 0. The zero-order valence-electron chi connectivity index (χ0n) is 10.2. The molecule has 0 bridgehead atoms. The van der Waals surface area contributed by atoms with Crippen molar-refractivity contribution < 1.29 is 0 Å². The maximum Gasteiger partial charge on any atom is 0.103 e. The van der Waals surface area contributed by atoms with E-state index in [1.807, 2.05) is 12.1 Å². The predicted molar refractivity (Wildman–Crippen MR) is 72.9 cm³/mol. The van der Waals surface area contributed by atoms with Gasteiger partial charge in [0.1, 0.15) is 6.07 Å². The summed E-state index contributed by atoms with van der Waals surface area (Å²) in [6.45, 7) is 4.28. The van der Waals surface area contributed by atoms with E-state index in [2.05, 4.69) is 16.3 Å². The van der Waals surface area contributed by atoms with Crippen LogP contribution in [0.25, 0.3) is 0 Å². The van der Waals surface area contributed by atoms with Gasteiger partial charge < -0.3 is 10.2 Å². The number of nitriles is 1. The van der Waals surface area contributed by atoms with Gasteiger partial charge in [0, 0.05) is 25.0 Å². The number of hydrogen-bond donors (Lipinski definition) is 1. The first-order valence-electron chi connectivity index (χ1n) is 6.38. The predicted octanol–water partition coefficient (Wildman–Crippen LogP) is 2.40. The highest BCUT2D eigenvalue weighted by Crippen LogP contribution is 2.39. The molecule has 3 rings (SSSR count). The number of nitrogens with zero attached hydrogens (tertiary/aromatic N) is 2. The highest BCUT2D eigenvalue weighted by atomic mass is 35.5. The Labute approximate surface area is 112 Å². The second-order valence-corrected chi connectivity index (χ2v) is 5.75. The van der Waals surface area contributed by atoms with Crippen molar-refractivity contribution in [3.05, 3.63) is 28.8 Å². The van der Waals surface area contributed by atoms with Crippen molar-refractivity contribution in [3.8, 4) is 6.07 Å². The van der Waals surface area contributed by atoms with Gasteiger partial charge in [0.2, 0.25) is 0 Å². The van der Waals surface area contributed by atoms with E-state index in [9.17, 15) is 5.26 Å². The summed E-state index contributed by atoms with van der Waals surface area (Å²) < 4.78 is 0. The first-order chi connectivity index (χ1) is 8.74. The maximum atomic E-state index is 9.24. The molecule has 0 radical (unpaired) electrons. The molecule has 3 nitrogen and oxygen atoms in total. The molecule has 0 saturated carbocycles. The summed E-state index contributed by atoms with van der Waals surface area (Å²) in [7, 11) is 0. The number of benzene rings is 1. The van der Waals surface area contributed by atoms with Crippen LogP contribution in [0.3, 0.4) is 0 Å². The fraction of sp³-hybridized carbons (Fsp3) is 0.500. The SMILES string of the molecule is N#Cc1c(Cl)cccc1N1CCC2(CCNC2)C1. The second-order valence-electron chi connectivity index (χ2n) is 5.34. The van der Waals surface area contributed by atoms with E-state index in [1.54, 1.807) is 6.07 Å². The lowest BCUT2D eigenvalue weighted by molar-refractivity contribution is 0.369. The molecule has 1 aromatic carbocycles. The zero-order chi connectivity index (χ0) is 12.6. The van der Waals surface area contributed by atoms with Gasteiger partial charge in [-0.1, -0.05) is 17.7 Å². The molecule has 1 aromatic rings. The monoisotopic (exact) mass is 261 g/mol. The average molecular weight is 262 g/mol. The van der Waals surface area contributed by atoms with E-state index in [1.165, 1.54) is 12.8 Å². The Morgan fingerprint density at radius 1 is 1.39 bits per heavy atom. The van der Waals surface area contributed by atoms with Crippen LogP contribution in [-0.2, 0) is 0 Å². The maximum absolute atomic E-state index is 9.24. The highest BCUT2D eigenvalue weighted by molar-refractivity contribution is 6.32. The molecule has 2 heterocycles. The van der Waals surface area contributed by atoms with Crippen molar-refractivity contribution in [2.24, 2.45) is 5.41 Å². The van der Waals surface area contributed by atoms with Crippen molar-refractivity contribution in [2.45, 2.75) is 12.8 Å². The van der Waals surface area contributed by atoms with Gasteiger partial charge in [0.15, 0.2) is 0 Å². The first-order valence-corrected chi connectivity index (χ1v) is 6.76. The molecule has 2 aliphatic heterocycles. The van der Waals surface area contributed by atoms with Crippen molar-refractivity contribution in [3.63, 3.8) is 0 Å². The fourth-order valence-electron chi connectivity index (χ4n) is 3.17. The van der Waals surface area contributed by atoms with E-state index < -0.39 is 0 Å². The van der Waals surface area contributed by atoms with Crippen LogP contribution in [0, 0.1) is 16.7 Å². The molecule has 1 N–H and O–H groups in total. The van der Waals surface area contributed by atoms with Crippen LogP contribution in [0.4, 0.5) is 5.69 Å². The molecule has 1 atom stereocenters. The summed E-state index contributed by atoms with van der Waals surface area (Å²) in [6.07, 6.45) is 2.45. The summed E-state index contributed by atoms with van der Waals surface area (Å²) in [5, 5.41) is 13.2. The Balaban J connectivity index is 1.89. The van der Waals surface area contributed by atoms with Crippen LogP contribution in [0.5, 0.6) is 0 Å². The molecule has 0 amide bonds. The topological polar surface area (TPSA) is 39.1 Å². The lowest BCUT2D eigenvalue weighted by Gasteiger charge is -2.24. The summed E-state index contributed by atoms with van der Waals surface area (Å²) in [5.41, 5.74) is 2.02. The standard InChI is InChI=1S/C14H16ClN3/c15-12-2-1-3-13(11(12)8-16)18-7-5-14(10-18)4-6-17-9-14/h1-3,17H,4-7,9-10H2. The summed E-state index contributed by atoms with van der Waals surface area (Å²) in [6, 6.07) is 7.95. The Morgan fingerprint density at radius 2 is 2.28 bits per heavy atom. The van der Waals surface area contributed by atoms with Crippen LogP contribution in [0.2, 0.25) is 5.02 Å². The van der Waals surface area contributed by atoms with E-state index in [-0.39, 0.29) is 0 Å². The molecule has 94 valence electrons. The number of rotatable bonds is 1. The average Bonchev–Trinajstić information content (AvgIpc) is 3.00. The second kappa shape index (κ2) is 4.46. The third-order valence-electron chi connectivity index (χ3n) is 4.21. The minimum Gasteiger partial charge on any atom is -0.370 e. The van der Waals surface area contributed by atoms with Crippen molar-refractivity contribution in [2.75, 3.05) is 31.1 Å². The van der Waals surface area contributed by atoms with Gasteiger partial charge >= 0.3 is 0 Å². The Hall–Kier alpha value is -1.24. The van der Waals surface area contributed by atoms with Crippen LogP contribution >= 0.6 is 11.6 Å². The minimum atomic E-state index is 0.412. The Kier molecular flexibility index (Phi) is 2.93. The number of hydrogen-bond acceptors (Lipinski definition) is 3. The third kappa shape index (κ3) is 1.86. The smallest absolute Gasteiger partial charge is 0.103 e. The van der Waals surface area contributed by atoms with Gasteiger partial charge in [-0.25, -0.2) is 0 Å². The molecule has 4 heteroatoms. The molecule has 2 saturated heterocycles. The van der Waals surface area contributed by atoms with Crippen LogP contribution in [-0.4, -0.2) is 26.2 Å². The summed E-state index contributed by atoms with van der Waals surface area (Å²) in [4.78, 5) is 2.32. The Morgan fingerprint density at radius 3 is 3.00 bits per heavy atom. The number of nitrogens with one attached hydrogen (secondary N) is 1. The van der Waals surface area contributed by atoms with Crippen LogP contribution in [0.15, 0.2) is 18.2 Å². The van der Waals surface area contributed by atoms with Gasteiger partial charge in [-0.15, -0.1) is 0 Å². The Bertz CT molecular complexity index is 500. The molecule has 0 aromatic heterocycles. The van der Waals surface area contributed by atoms with Crippen molar-refractivity contribution in [1.29, 1.82) is 5.26 Å². The lowest BCUT2D eigenvalue weighted by atomic mass is 9.86. The van der Waals surface area contributed by atoms with Gasteiger partial charge in [-0.2, -0.15) is 5.26 Å². The molecular formula is C14H16ClN3. The highest BCUT2D eigenvalue weighted by Gasteiger charge is 2.40. The van der Waals surface area contributed by atoms with Crippen molar-refractivity contribution in [1.82, 2.24) is 5.32 Å². The molecule has 2 aliphatic rings. The van der Waals surface area contributed by atoms with E-state index in [0.717, 1.165) is 31.9 Å². The van der Waals surface area contributed by atoms with Gasteiger partial charge in [0.05, 0.1) is 16.3 Å². The van der Waals surface area contributed by atoms with E-state index >= 15 is 0 Å². The fourth-order valence-corrected chi connectivity index (χ4v) is 3.38. The molecule has 18 heavy (non-hydrogen) atoms. The third-order valence-corrected chi connectivity index (χ3v) is 4.53. The molecule has 1 spiro atoms. The van der Waals surface area contributed by atoms with E-state index in [0.29, 0.717) is 16.0 Å². The quantitative estimate of drug-likeness (QED) is 0.844. The first kappa shape index (κ1) is 11.8. The van der Waals surface area contributed by atoms with Gasteiger partial charge in [0.25, 0.3) is 0 Å². The lowest BCUT2D eigenvalue weighted by Crippen LogP contribution is -2.29. The van der Waals surface area contributed by atoms with Crippen LogP contribution in [0.1, 0.15) is 18.4 Å². The largest absolute Gasteiger partial charge is 0.370 e. The minimum absolute atomic E-state index is 0.412. The normalized spacial score (nSPS) is 26.8. The van der Waals surface area contributed by atoms with Crippen molar-refractivity contribution >= 4 is 17.3 Å². The molecular weight excluding hydrogens is 246 g/mol. The van der Waals surface area contributed by atoms with Gasteiger partial charge in [-0.3, -0.25) is 0 Å². The van der Waals surface area contributed by atoms with E-state index in [4.69, 9.17) is 11.6 Å². The summed E-state index contributed by atoms with van der Waals surface area (Å²) >= 11 is 6.10.